The summed E-state index contributed by atoms with van der Waals surface area (Å²) in [5, 5.41) is 111. The van der Waals surface area contributed by atoms with Crippen molar-refractivity contribution in [3.05, 3.63) is 0 Å². The quantitative estimate of drug-likeness (QED) is 0.0263. The molecule has 4 saturated heterocycles. The third-order valence-corrected chi connectivity index (χ3v) is 17.7. The van der Waals surface area contributed by atoms with Crippen molar-refractivity contribution in [2.45, 2.75) is 250 Å². The Hall–Kier alpha value is -5.04. The number of hydrogen-bond acceptors (Lipinski definition) is 28. The van der Waals surface area contributed by atoms with Crippen molar-refractivity contribution in [2.24, 2.45) is 29.6 Å². The van der Waals surface area contributed by atoms with Gasteiger partial charge in [-0.3, -0.25) is 38.4 Å². The molecule has 0 saturated carbocycles. The molecule has 4 heterocycles. The van der Waals surface area contributed by atoms with E-state index in [0.29, 0.717) is 38.1 Å². The molecule has 0 aromatic rings. The van der Waals surface area contributed by atoms with Gasteiger partial charge in [-0.15, -0.1) is 0 Å². The van der Waals surface area contributed by atoms with Crippen LogP contribution in [0, 0.1) is 29.6 Å². The van der Waals surface area contributed by atoms with Crippen molar-refractivity contribution < 1.29 is 136 Å². The lowest BCUT2D eigenvalue weighted by Gasteiger charge is -2.44. The van der Waals surface area contributed by atoms with Crippen LogP contribution in [0.3, 0.4) is 0 Å². The van der Waals surface area contributed by atoms with E-state index in [9.17, 15) is 84.3 Å². The molecule has 0 aromatic heterocycles. The number of amides is 8. The van der Waals surface area contributed by atoms with Crippen LogP contribution in [-0.2, 0) is 90.5 Å². The minimum absolute atomic E-state index is 0.0239. The molecule has 4 aliphatic rings. The van der Waals surface area contributed by atoms with E-state index in [-0.39, 0.29) is 167 Å². The van der Waals surface area contributed by atoms with E-state index in [1.165, 1.54) is 12.8 Å². The van der Waals surface area contributed by atoms with Crippen LogP contribution in [0.5, 0.6) is 0 Å². The van der Waals surface area contributed by atoms with E-state index in [1.54, 1.807) is 27.7 Å². The van der Waals surface area contributed by atoms with E-state index >= 15 is 0 Å². The Kier molecular flexibility index (Phi) is 44.3. The minimum atomic E-state index is -1.66. The average Bonchev–Trinajstić information content (AvgIpc) is 0.797. The van der Waals surface area contributed by atoms with Crippen molar-refractivity contribution in [1.82, 2.24) is 42.5 Å². The van der Waals surface area contributed by atoms with Gasteiger partial charge in [0.1, 0.15) is 24.4 Å². The van der Waals surface area contributed by atoms with Gasteiger partial charge in [-0.2, -0.15) is 0 Å². The van der Waals surface area contributed by atoms with Crippen molar-refractivity contribution >= 4 is 47.3 Å². The Labute approximate surface area is 602 Å². The van der Waals surface area contributed by atoms with Crippen LogP contribution in [0.1, 0.15) is 151 Å². The van der Waals surface area contributed by atoms with Crippen LogP contribution < -0.4 is 42.5 Å². The van der Waals surface area contributed by atoms with Crippen LogP contribution in [0.15, 0.2) is 0 Å². The Bertz CT molecular complexity index is 2470. The number of hydrogen-bond donors (Lipinski definition) is 17. The van der Waals surface area contributed by atoms with Crippen LogP contribution in [0.25, 0.3) is 0 Å². The maximum atomic E-state index is 13.2. The Morgan fingerprint density at radius 1 is 0.282 bits per heavy atom. The molecule has 36 nitrogen and oxygen atoms in total. The van der Waals surface area contributed by atoms with Crippen molar-refractivity contribution in [1.29, 1.82) is 0 Å². The molecule has 0 bridgehead atoms. The summed E-state index contributed by atoms with van der Waals surface area (Å²) in [6, 6.07) is 0. The lowest BCUT2D eigenvalue weighted by molar-refractivity contribution is -0.348. The number of ether oxygens (including phenoxy) is 11. The average molecular weight is 1490 g/mol. The van der Waals surface area contributed by atoms with Gasteiger partial charge < -0.3 is 141 Å². The van der Waals surface area contributed by atoms with Gasteiger partial charge in [0, 0.05) is 121 Å². The van der Waals surface area contributed by atoms with Crippen LogP contribution in [-0.4, -0.2) is 291 Å². The van der Waals surface area contributed by atoms with E-state index < -0.39 is 146 Å². The number of carbonyl (C=O) groups is 8. The topological polar surface area (TPSA) is 516 Å². The summed E-state index contributed by atoms with van der Waals surface area (Å²) in [7, 11) is 0. The van der Waals surface area contributed by atoms with Crippen LogP contribution in [0.4, 0.5) is 0 Å². The van der Waals surface area contributed by atoms with E-state index in [4.69, 9.17) is 52.1 Å². The minimum Gasteiger partial charge on any atom is -0.390 e. The second kappa shape index (κ2) is 50.5. The third kappa shape index (κ3) is 35.0. The van der Waals surface area contributed by atoms with Crippen LogP contribution >= 0.6 is 0 Å². The molecular formula is C67H120N8O28. The predicted octanol–water partition coefficient (Wildman–Crippen LogP) is -3.53. The van der Waals surface area contributed by atoms with Crippen molar-refractivity contribution in [2.75, 3.05) is 98.6 Å². The monoisotopic (exact) mass is 1480 g/mol. The molecule has 17 N–H and O–H groups in total. The maximum absolute atomic E-state index is 13.2. The molecule has 12 unspecified atom stereocenters. The molecule has 20 atom stereocenters. The summed E-state index contributed by atoms with van der Waals surface area (Å²) in [6.07, 6.45) is -14.5. The van der Waals surface area contributed by atoms with E-state index in [0.717, 1.165) is 19.3 Å². The van der Waals surface area contributed by atoms with Crippen molar-refractivity contribution in [3.8, 4) is 0 Å². The molecule has 8 amide bonds. The Morgan fingerprint density at radius 3 is 0.981 bits per heavy atom. The standard InChI is InChI=1S/C67H120N8O28/c1-39(2)15-9-7-8-10-24-68-44(76)16-11-17-45(77)69-25-12-34-97-66-43(6)58(93-35-21-49(81)72-28-18-46(78)70-26-13-32-95-63-40(3)52(84)55(87)60(90)100-63)59(94-36-22-50(82)73-29-19-47(79)71-27-14-33-96-64-41(4)53(85)56(88)61(91)101-64)67(103-66)98-37-23-51(83)74-30-20-48(80)75-31-38-99-65-42(5)54(86)57(89)62(92)102-65/h39-43,52-67,84-92H,7-38H2,1-6H3,(H,68,76)(H,69,77)(H,70,78)(H,71,79)(H,72,81)(H,73,82)(H,74,83)(H,75,80)/t40-,41-,42-,43-,52+,53+,54+,55?,56?,57?,58+,59?,60?,61?,62?,63?,64?,65?,66?,67?/m0/s1. The second-order valence-electron chi connectivity index (χ2n) is 26.8. The van der Waals surface area contributed by atoms with Gasteiger partial charge in [-0.1, -0.05) is 67.2 Å². The lowest BCUT2D eigenvalue weighted by atomic mass is 9.95. The summed E-state index contributed by atoms with van der Waals surface area (Å²) in [5.74, 6) is -4.94. The zero-order valence-electron chi connectivity index (χ0n) is 60.5. The highest BCUT2D eigenvalue weighted by Crippen LogP contribution is 2.33. The number of carbonyl (C=O) groups excluding carboxylic acids is 8. The molecule has 0 spiro atoms. The maximum Gasteiger partial charge on any atom is 0.222 e. The number of aliphatic hydroxyl groups is 9. The summed E-state index contributed by atoms with van der Waals surface area (Å²) in [4.78, 5) is 103. The fourth-order valence-electron chi connectivity index (χ4n) is 11.2. The zero-order chi connectivity index (χ0) is 75.8. The predicted molar refractivity (Wildman–Crippen MR) is 361 cm³/mol. The highest BCUT2D eigenvalue weighted by atomic mass is 16.8. The third-order valence-electron chi connectivity index (χ3n) is 17.7. The summed E-state index contributed by atoms with van der Waals surface area (Å²) in [6.45, 7) is 11.5. The Morgan fingerprint density at radius 2 is 0.583 bits per heavy atom. The first-order valence-corrected chi connectivity index (χ1v) is 36.4. The largest absolute Gasteiger partial charge is 0.390 e. The normalized spacial score (nSPS) is 29.3. The molecule has 0 aromatic carbocycles. The van der Waals surface area contributed by atoms with Gasteiger partial charge in [0.25, 0.3) is 0 Å². The molecule has 0 aliphatic carbocycles. The fourth-order valence-corrected chi connectivity index (χ4v) is 11.2. The number of rotatable bonds is 51. The van der Waals surface area contributed by atoms with Gasteiger partial charge in [0.05, 0.1) is 77.1 Å². The van der Waals surface area contributed by atoms with Crippen molar-refractivity contribution in [3.63, 3.8) is 0 Å². The molecule has 4 rings (SSSR count). The van der Waals surface area contributed by atoms with E-state index in [2.05, 4.69) is 56.4 Å². The van der Waals surface area contributed by atoms with Gasteiger partial charge in [-0.25, -0.2) is 0 Å². The summed E-state index contributed by atoms with van der Waals surface area (Å²) >= 11 is 0. The molecular weight excluding hydrogens is 1360 g/mol. The fraction of sp³-hybridized carbons (Fsp3) is 0.881. The molecule has 4 aliphatic heterocycles. The smallest absolute Gasteiger partial charge is 0.222 e. The lowest BCUT2D eigenvalue weighted by Crippen LogP contribution is -2.57. The molecule has 596 valence electrons. The first-order chi connectivity index (χ1) is 49.2. The van der Waals surface area contributed by atoms with E-state index in [1.807, 2.05) is 0 Å². The van der Waals surface area contributed by atoms with Gasteiger partial charge >= 0.3 is 0 Å². The first kappa shape index (κ1) is 90.4. The molecule has 4 fully saturated rings. The Balaban J connectivity index is 1.33. The molecule has 36 heteroatoms. The SMILES string of the molecule is CC(C)CCCCCCNC(=O)CCCC(=O)NCCCOC1OC(OCCC(=O)NCCC(=O)NCCOC2OC(O)C(O)[C@H](O)[C@@H]2C)C(OCCC(=O)NCCC(=O)NCCCOC2OC(O)C(O)[C@H](O)[C@@H]2C)[C@H](OCCC(=O)NCCC(=O)NCCCOC2OC(O)C(O)[C@H](O)[C@@H]2C)[C@@H]1C. The van der Waals surface area contributed by atoms with Gasteiger partial charge in [0.15, 0.2) is 50.3 Å². The second-order valence-corrected chi connectivity index (χ2v) is 26.8. The summed E-state index contributed by atoms with van der Waals surface area (Å²) in [5.41, 5.74) is 0. The number of aliphatic hydroxyl groups excluding tert-OH is 9. The van der Waals surface area contributed by atoms with Gasteiger partial charge in [-0.05, 0) is 38.0 Å². The number of unbranched alkanes of at least 4 members (excludes halogenated alkanes) is 3. The summed E-state index contributed by atoms with van der Waals surface area (Å²) < 4.78 is 63.9. The van der Waals surface area contributed by atoms with Crippen LogP contribution in [0.2, 0.25) is 0 Å². The molecule has 103 heavy (non-hydrogen) atoms. The number of nitrogens with one attached hydrogen (secondary N) is 8. The zero-order valence-corrected chi connectivity index (χ0v) is 60.5. The molecule has 0 radical (unpaired) electrons. The highest BCUT2D eigenvalue weighted by Gasteiger charge is 2.48. The van der Waals surface area contributed by atoms with Gasteiger partial charge in [0.2, 0.25) is 47.3 Å². The first-order valence-electron chi connectivity index (χ1n) is 36.4. The highest BCUT2D eigenvalue weighted by molar-refractivity contribution is 5.81.